The Morgan fingerprint density at radius 3 is 2.71 bits per heavy atom. The summed E-state index contributed by atoms with van der Waals surface area (Å²) in [4.78, 5) is 14.1. The number of aryl methyl sites for hydroxylation is 1. The van der Waals surface area contributed by atoms with E-state index in [-0.39, 0.29) is 18.6 Å². The molecule has 1 aliphatic heterocycles. The van der Waals surface area contributed by atoms with Crippen LogP contribution in [0.5, 0.6) is 0 Å². The van der Waals surface area contributed by atoms with Gasteiger partial charge in [0.15, 0.2) is 0 Å². The first-order valence-corrected chi connectivity index (χ1v) is 7.54. The van der Waals surface area contributed by atoms with Crippen molar-refractivity contribution in [3.8, 4) is 0 Å². The SMILES string of the molecule is Nc1ccccc1CCC(=O)N1CCC(OCCO)CC1. The fourth-order valence-corrected chi connectivity index (χ4v) is 2.65. The summed E-state index contributed by atoms with van der Waals surface area (Å²) >= 11 is 0. The van der Waals surface area contributed by atoms with E-state index in [0.29, 0.717) is 19.4 Å². The summed E-state index contributed by atoms with van der Waals surface area (Å²) in [5, 5.41) is 8.74. The number of nitrogens with zero attached hydrogens (tertiary/aromatic N) is 1. The third kappa shape index (κ3) is 4.72. The lowest BCUT2D eigenvalue weighted by Crippen LogP contribution is -2.41. The van der Waals surface area contributed by atoms with Gasteiger partial charge in [0, 0.05) is 25.2 Å². The molecule has 0 radical (unpaired) electrons. The number of hydrogen-bond acceptors (Lipinski definition) is 4. The number of carbonyl (C=O) groups excluding carboxylic acids is 1. The molecular formula is C16H24N2O3. The molecule has 0 spiro atoms. The van der Waals surface area contributed by atoms with E-state index in [9.17, 15) is 4.79 Å². The van der Waals surface area contributed by atoms with Crippen molar-refractivity contribution in [2.75, 3.05) is 32.0 Å². The maximum atomic E-state index is 12.2. The van der Waals surface area contributed by atoms with E-state index < -0.39 is 0 Å². The molecule has 0 unspecified atom stereocenters. The summed E-state index contributed by atoms with van der Waals surface area (Å²) in [6.07, 6.45) is 3.05. The Bertz CT molecular complexity index is 457. The number of likely N-dealkylation sites (tertiary alicyclic amines) is 1. The van der Waals surface area contributed by atoms with Gasteiger partial charge in [-0.25, -0.2) is 0 Å². The number of amides is 1. The first-order valence-electron chi connectivity index (χ1n) is 7.54. The van der Waals surface area contributed by atoms with Crippen LogP contribution in [0.15, 0.2) is 24.3 Å². The van der Waals surface area contributed by atoms with Crippen molar-refractivity contribution in [2.24, 2.45) is 0 Å². The minimum Gasteiger partial charge on any atom is -0.399 e. The van der Waals surface area contributed by atoms with Gasteiger partial charge in [0.05, 0.1) is 19.3 Å². The highest BCUT2D eigenvalue weighted by Crippen LogP contribution is 2.17. The minimum atomic E-state index is 0.0532. The molecule has 1 amide bonds. The smallest absolute Gasteiger partial charge is 0.222 e. The number of rotatable bonds is 6. The number of aliphatic hydroxyl groups is 1. The summed E-state index contributed by atoms with van der Waals surface area (Å²) in [5.74, 6) is 0.180. The van der Waals surface area contributed by atoms with E-state index in [0.717, 1.165) is 37.2 Å². The van der Waals surface area contributed by atoms with Gasteiger partial charge in [-0.2, -0.15) is 0 Å². The quantitative estimate of drug-likeness (QED) is 0.773. The second-order valence-corrected chi connectivity index (χ2v) is 5.37. The van der Waals surface area contributed by atoms with Crippen LogP contribution in [0.1, 0.15) is 24.8 Å². The predicted octanol–water partition coefficient (Wildman–Crippen LogP) is 1.20. The molecule has 5 heteroatoms. The van der Waals surface area contributed by atoms with Crippen molar-refractivity contribution in [1.29, 1.82) is 0 Å². The number of anilines is 1. The molecule has 21 heavy (non-hydrogen) atoms. The Morgan fingerprint density at radius 1 is 1.33 bits per heavy atom. The molecule has 0 aromatic heterocycles. The lowest BCUT2D eigenvalue weighted by molar-refractivity contribution is -0.133. The molecule has 1 aromatic rings. The number of aliphatic hydroxyl groups excluding tert-OH is 1. The van der Waals surface area contributed by atoms with Gasteiger partial charge in [0.2, 0.25) is 5.91 Å². The average molecular weight is 292 g/mol. The van der Waals surface area contributed by atoms with E-state index in [1.165, 1.54) is 0 Å². The zero-order chi connectivity index (χ0) is 15.1. The van der Waals surface area contributed by atoms with Crippen LogP contribution in [-0.2, 0) is 16.0 Å². The topological polar surface area (TPSA) is 75.8 Å². The Hall–Kier alpha value is -1.59. The number of nitrogen functional groups attached to an aromatic ring is 1. The van der Waals surface area contributed by atoms with Crippen molar-refractivity contribution < 1.29 is 14.6 Å². The molecule has 116 valence electrons. The number of carbonyl (C=O) groups is 1. The first-order chi connectivity index (χ1) is 10.2. The number of benzene rings is 1. The second kappa shape index (κ2) is 8.00. The van der Waals surface area contributed by atoms with Gasteiger partial charge in [0.25, 0.3) is 0 Å². The fraction of sp³-hybridized carbons (Fsp3) is 0.562. The number of ether oxygens (including phenoxy) is 1. The summed E-state index contributed by atoms with van der Waals surface area (Å²) in [7, 11) is 0. The summed E-state index contributed by atoms with van der Waals surface area (Å²) in [6, 6.07) is 7.68. The third-order valence-electron chi connectivity index (χ3n) is 3.90. The van der Waals surface area contributed by atoms with E-state index in [1.807, 2.05) is 29.2 Å². The Labute approximate surface area is 125 Å². The first kappa shape index (κ1) is 15.8. The zero-order valence-corrected chi connectivity index (χ0v) is 12.3. The van der Waals surface area contributed by atoms with E-state index >= 15 is 0 Å². The van der Waals surface area contributed by atoms with Crippen LogP contribution in [0.25, 0.3) is 0 Å². The maximum absolute atomic E-state index is 12.2. The Kier molecular flexibility index (Phi) is 6.02. The van der Waals surface area contributed by atoms with Gasteiger partial charge in [-0.3, -0.25) is 4.79 Å². The van der Waals surface area contributed by atoms with Crippen molar-refractivity contribution >= 4 is 11.6 Å². The second-order valence-electron chi connectivity index (χ2n) is 5.37. The molecular weight excluding hydrogens is 268 g/mol. The molecule has 1 fully saturated rings. The van der Waals surface area contributed by atoms with Gasteiger partial charge in [-0.1, -0.05) is 18.2 Å². The molecule has 1 saturated heterocycles. The molecule has 0 aliphatic carbocycles. The van der Waals surface area contributed by atoms with Crippen LogP contribution in [0.3, 0.4) is 0 Å². The molecule has 0 atom stereocenters. The molecule has 1 aromatic carbocycles. The van der Waals surface area contributed by atoms with Crippen LogP contribution in [-0.4, -0.2) is 48.3 Å². The highest BCUT2D eigenvalue weighted by atomic mass is 16.5. The van der Waals surface area contributed by atoms with Crippen molar-refractivity contribution in [2.45, 2.75) is 31.8 Å². The third-order valence-corrected chi connectivity index (χ3v) is 3.90. The normalized spacial score (nSPS) is 16.1. The molecule has 0 bridgehead atoms. The largest absolute Gasteiger partial charge is 0.399 e. The van der Waals surface area contributed by atoms with Crippen LogP contribution in [0.4, 0.5) is 5.69 Å². The lowest BCUT2D eigenvalue weighted by atomic mass is 10.0. The predicted molar refractivity (Wildman–Crippen MR) is 81.8 cm³/mol. The average Bonchev–Trinajstić information content (AvgIpc) is 2.52. The van der Waals surface area contributed by atoms with Crippen LogP contribution in [0, 0.1) is 0 Å². The number of nitrogens with two attached hydrogens (primary N) is 1. The van der Waals surface area contributed by atoms with Crippen molar-refractivity contribution in [1.82, 2.24) is 4.90 Å². The van der Waals surface area contributed by atoms with Crippen LogP contribution >= 0.6 is 0 Å². The molecule has 5 nitrogen and oxygen atoms in total. The van der Waals surface area contributed by atoms with Crippen molar-refractivity contribution in [3.05, 3.63) is 29.8 Å². The molecule has 1 heterocycles. The monoisotopic (exact) mass is 292 g/mol. The molecule has 2 rings (SSSR count). The minimum absolute atomic E-state index is 0.0532. The van der Waals surface area contributed by atoms with Gasteiger partial charge in [-0.05, 0) is 30.9 Å². The zero-order valence-electron chi connectivity index (χ0n) is 12.3. The van der Waals surface area contributed by atoms with Gasteiger partial charge >= 0.3 is 0 Å². The highest BCUT2D eigenvalue weighted by molar-refractivity contribution is 5.76. The number of hydrogen-bond donors (Lipinski definition) is 2. The van der Waals surface area contributed by atoms with Gasteiger partial charge in [-0.15, -0.1) is 0 Å². The molecule has 3 N–H and O–H groups in total. The van der Waals surface area contributed by atoms with E-state index in [2.05, 4.69) is 0 Å². The lowest BCUT2D eigenvalue weighted by Gasteiger charge is -2.32. The van der Waals surface area contributed by atoms with Crippen molar-refractivity contribution in [3.63, 3.8) is 0 Å². The maximum Gasteiger partial charge on any atom is 0.222 e. The Morgan fingerprint density at radius 2 is 2.05 bits per heavy atom. The van der Waals surface area contributed by atoms with Crippen LogP contribution < -0.4 is 5.73 Å². The molecule has 1 aliphatic rings. The van der Waals surface area contributed by atoms with Gasteiger partial charge in [0.1, 0.15) is 0 Å². The summed E-state index contributed by atoms with van der Waals surface area (Å²) in [6.45, 7) is 1.90. The van der Waals surface area contributed by atoms with E-state index in [4.69, 9.17) is 15.6 Å². The van der Waals surface area contributed by atoms with Gasteiger partial charge < -0.3 is 20.5 Å². The standard InChI is InChI=1S/C16H24N2O3/c17-15-4-2-1-3-13(15)5-6-16(20)18-9-7-14(8-10-18)21-12-11-19/h1-4,14,19H,5-12,17H2. The highest BCUT2D eigenvalue weighted by Gasteiger charge is 2.22. The number of piperidine rings is 1. The molecule has 0 saturated carbocycles. The van der Waals surface area contributed by atoms with E-state index in [1.54, 1.807) is 0 Å². The summed E-state index contributed by atoms with van der Waals surface area (Å²) in [5.41, 5.74) is 7.67. The Balaban J connectivity index is 1.74. The summed E-state index contributed by atoms with van der Waals surface area (Å²) < 4.78 is 5.50. The fourth-order valence-electron chi connectivity index (χ4n) is 2.65. The van der Waals surface area contributed by atoms with Crippen LogP contribution in [0.2, 0.25) is 0 Å². The number of para-hydroxylation sites is 1.